The molecule has 0 radical (unpaired) electrons. The van der Waals surface area contributed by atoms with Gasteiger partial charge in [0.2, 0.25) is 5.91 Å². The third kappa shape index (κ3) is 4.06. The lowest BCUT2D eigenvalue weighted by atomic mass is 10.0. The van der Waals surface area contributed by atoms with Crippen molar-refractivity contribution in [3.8, 4) is 0 Å². The summed E-state index contributed by atoms with van der Waals surface area (Å²) in [5.41, 5.74) is 1.09. The average molecular weight is 279 g/mol. The molecule has 1 fully saturated rings. The quantitative estimate of drug-likeness (QED) is 0.879. The number of aliphatic carboxylic acids is 1. The number of hydrogen-bond donors (Lipinski definition) is 2. The summed E-state index contributed by atoms with van der Waals surface area (Å²) >= 11 is 0. The van der Waals surface area contributed by atoms with Gasteiger partial charge in [-0.2, -0.15) is 0 Å². The summed E-state index contributed by atoms with van der Waals surface area (Å²) < 4.78 is 0. The largest absolute Gasteiger partial charge is 0.481 e. The SMILES string of the molecule is CC(c1ccccc1)N1CC(CC(=O)O)CC1=O.CO. The van der Waals surface area contributed by atoms with Crippen molar-refractivity contribution in [1.29, 1.82) is 0 Å². The first-order valence-corrected chi connectivity index (χ1v) is 6.59. The van der Waals surface area contributed by atoms with Crippen LogP contribution in [0.3, 0.4) is 0 Å². The number of rotatable bonds is 4. The highest BCUT2D eigenvalue weighted by Gasteiger charge is 2.33. The van der Waals surface area contributed by atoms with E-state index in [-0.39, 0.29) is 24.3 Å². The Morgan fingerprint density at radius 2 is 1.95 bits per heavy atom. The average Bonchev–Trinajstić information content (AvgIpc) is 2.81. The number of aliphatic hydroxyl groups excluding tert-OH is 1. The lowest BCUT2D eigenvalue weighted by Crippen LogP contribution is -2.28. The fraction of sp³-hybridized carbons (Fsp3) is 0.467. The van der Waals surface area contributed by atoms with Gasteiger partial charge in [-0.3, -0.25) is 9.59 Å². The van der Waals surface area contributed by atoms with Gasteiger partial charge in [-0.25, -0.2) is 0 Å². The number of nitrogens with zero attached hydrogens (tertiary/aromatic N) is 1. The van der Waals surface area contributed by atoms with Crippen molar-refractivity contribution in [1.82, 2.24) is 4.90 Å². The van der Waals surface area contributed by atoms with Crippen molar-refractivity contribution < 1.29 is 19.8 Å². The molecule has 5 heteroatoms. The van der Waals surface area contributed by atoms with Crippen molar-refractivity contribution >= 4 is 11.9 Å². The van der Waals surface area contributed by atoms with Crippen LogP contribution < -0.4 is 0 Å². The van der Waals surface area contributed by atoms with Crippen LogP contribution in [-0.4, -0.2) is 40.6 Å². The molecule has 20 heavy (non-hydrogen) atoms. The second-order valence-corrected chi connectivity index (χ2v) is 4.80. The van der Waals surface area contributed by atoms with E-state index in [4.69, 9.17) is 10.2 Å². The second-order valence-electron chi connectivity index (χ2n) is 4.80. The number of carbonyl (C=O) groups is 2. The molecule has 2 atom stereocenters. The van der Waals surface area contributed by atoms with Crippen molar-refractivity contribution in [3.05, 3.63) is 35.9 Å². The normalized spacial score (nSPS) is 19.2. The Kier molecular flexibility index (Phi) is 6.18. The summed E-state index contributed by atoms with van der Waals surface area (Å²) in [4.78, 5) is 24.4. The van der Waals surface area contributed by atoms with Crippen molar-refractivity contribution in [3.63, 3.8) is 0 Å². The van der Waals surface area contributed by atoms with E-state index in [0.717, 1.165) is 12.7 Å². The molecule has 2 N–H and O–H groups in total. The standard InChI is InChI=1S/C14H17NO3.CH4O/c1-10(12-5-3-2-4-6-12)15-9-11(7-13(15)16)8-14(17)18;1-2/h2-6,10-11H,7-9H2,1H3,(H,17,18);2H,1H3. The molecule has 0 aromatic heterocycles. The van der Waals surface area contributed by atoms with E-state index in [1.165, 1.54) is 0 Å². The zero-order valence-electron chi connectivity index (χ0n) is 11.8. The minimum absolute atomic E-state index is 0.0116. The summed E-state index contributed by atoms with van der Waals surface area (Å²) in [5.74, 6) is -0.833. The van der Waals surface area contributed by atoms with Crippen LogP contribution >= 0.6 is 0 Å². The van der Waals surface area contributed by atoms with Crippen LogP contribution in [0.5, 0.6) is 0 Å². The van der Waals surface area contributed by atoms with Crippen molar-refractivity contribution in [2.24, 2.45) is 5.92 Å². The predicted molar refractivity (Wildman–Crippen MR) is 75.1 cm³/mol. The molecule has 0 saturated carbocycles. The van der Waals surface area contributed by atoms with E-state index >= 15 is 0 Å². The maximum Gasteiger partial charge on any atom is 0.303 e. The van der Waals surface area contributed by atoms with Gasteiger partial charge in [0.25, 0.3) is 0 Å². The van der Waals surface area contributed by atoms with Gasteiger partial charge in [-0.15, -0.1) is 0 Å². The predicted octanol–water partition coefficient (Wildman–Crippen LogP) is 1.68. The zero-order chi connectivity index (χ0) is 15.1. The van der Waals surface area contributed by atoms with Gasteiger partial charge in [0, 0.05) is 20.1 Å². The number of likely N-dealkylation sites (tertiary alicyclic amines) is 1. The molecule has 1 saturated heterocycles. The van der Waals surface area contributed by atoms with Gasteiger partial charge in [-0.05, 0) is 18.4 Å². The second kappa shape index (κ2) is 7.65. The van der Waals surface area contributed by atoms with Gasteiger partial charge < -0.3 is 15.1 Å². The molecule has 1 aromatic carbocycles. The van der Waals surface area contributed by atoms with Crippen LogP contribution in [0.25, 0.3) is 0 Å². The molecule has 1 heterocycles. The Balaban J connectivity index is 0.000000956. The summed E-state index contributed by atoms with van der Waals surface area (Å²) in [6, 6.07) is 9.82. The monoisotopic (exact) mass is 279 g/mol. The van der Waals surface area contributed by atoms with Crippen LogP contribution in [0.4, 0.5) is 0 Å². The van der Waals surface area contributed by atoms with E-state index in [0.29, 0.717) is 13.0 Å². The number of hydrogen-bond acceptors (Lipinski definition) is 3. The molecule has 1 amide bonds. The molecule has 110 valence electrons. The molecule has 0 bridgehead atoms. The van der Waals surface area contributed by atoms with Crippen molar-refractivity contribution in [2.75, 3.05) is 13.7 Å². The number of carboxylic acid groups (broad SMARTS) is 1. The number of carboxylic acids is 1. The highest BCUT2D eigenvalue weighted by atomic mass is 16.4. The van der Waals surface area contributed by atoms with Gasteiger partial charge >= 0.3 is 5.97 Å². The molecule has 1 aliphatic rings. The first kappa shape index (κ1) is 16.2. The fourth-order valence-corrected chi connectivity index (χ4v) is 2.48. The minimum Gasteiger partial charge on any atom is -0.481 e. The molecule has 1 aromatic rings. The van der Waals surface area contributed by atoms with E-state index in [1.807, 2.05) is 37.3 Å². The number of carbonyl (C=O) groups excluding carboxylic acids is 1. The van der Waals surface area contributed by atoms with E-state index < -0.39 is 5.97 Å². The molecular weight excluding hydrogens is 258 g/mol. The lowest BCUT2D eigenvalue weighted by molar-refractivity contribution is -0.138. The summed E-state index contributed by atoms with van der Waals surface area (Å²) in [6.45, 7) is 2.53. The number of benzene rings is 1. The first-order valence-electron chi connectivity index (χ1n) is 6.59. The first-order chi connectivity index (χ1) is 9.58. The third-order valence-electron chi connectivity index (χ3n) is 3.45. The highest BCUT2D eigenvalue weighted by molar-refractivity contribution is 5.80. The summed E-state index contributed by atoms with van der Waals surface area (Å²) in [6.07, 6.45) is 0.424. The Hall–Kier alpha value is -1.88. The zero-order valence-corrected chi connectivity index (χ0v) is 11.8. The Bertz CT molecular complexity index is 446. The highest BCUT2D eigenvalue weighted by Crippen LogP contribution is 2.29. The third-order valence-corrected chi connectivity index (χ3v) is 3.45. The molecule has 0 spiro atoms. The molecule has 0 aliphatic carbocycles. The summed E-state index contributed by atoms with van der Waals surface area (Å²) in [7, 11) is 1.00. The Morgan fingerprint density at radius 3 is 2.50 bits per heavy atom. The number of aliphatic hydroxyl groups is 1. The van der Waals surface area contributed by atoms with Crippen molar-refractivity contribution in [2.45, 2.75) is 25.8 Å². The molecule has 2 rings (SSSR count). The van der Waals surface area contributed by atoms with Crippen LogP contribution in [0.1, 0.15) is 31.4 Å². The summed E-state index contributed by atoms with van der Waals surface area (Å²) in [5, 5.41) is 15.8. The van der Waals surface area contributed by atoms with Crippen LogP contribution in [-0.2, 0) is 9.59 Å². The molecule has 5 nitrogen and oxygen atoms in total. The smallest absolute Gasteiger partial charge is 0.303 e. The van der Waals surface area contributed by atoms with Crippen LogP contribution in [0.2, 0.25) is 0 Å². The molecular formula is C15H21NO4. The maximum absolute atomic E-state index is 11.9. The molecule has 2 unspecified atom stereocenters. The van der Waals surface area contributed by atoms with Gasteiger partial charge in [0.1, 0.15) is 0 Å². The Labute approximate surface area is 118 Å². The fourth-order valence-electron chi connectivity index (χ4n) is 2.48. The van der Waals surface area contributed by atoms with Gasteiger partial charge in [0.15, 0.2) is 0 Å². The van der Waals surface area contributed by atoms with E-state index in [1.54, 1.807) is 4.90 Å². The van der Waals surface area contributed by atoms with Crippen LogP contribution in [0.15, 0.2) is 30.3 Å². The van der Waals surface area contributed by atoms with Gasteiger partial charge in [0.05, 0.1) is 12.5 Å². The number of amides is 1. The lowest BCUT2D eigenvalue weighted by Gasteiger charge is -2.25. The minimum atomic E-state index is -0.831. The Morgan fingerprint density at radius 1 is 1.35 bits per heavy atom. The maximum atomic E-state index is 11.9. The van der Waals surface area contributed by atoms with E-state index in [9.17, 15) is 9.59 Å². The topological polar surface area (TPSA) is 77.8 Å². The van der Waals surface area contributed by atoms with E-state index in [2.05, 4.69) is 0 Å². The van der Waals surface area contributed by atoms with Gasteiger partial charge in [-0.1, -0.05) is 30.3 Å². The van der Waals surface area contributed by atoms with Crippen LogP contribution in [0, 0.1) is 5.92 Å². The molecule has 1 aliphatic heterocycles.